The Labute approximate surface area is 114 Å². The van der Waals surface area contributed by atoms with Crippen molar-refractivity contribution in [2.24, 2.45) is 5.41 Å². The monoisotopic (exact) mass is 268 g/mol. The molecule has 108 valence electrons. The third-order valence-corrected chi connectivity index (χ3v) is 4.65. The number of amides is 1. The molecule has 0 saturated carbocycles. The van der Waals surface area contributed by atoms with Crippen molar-refractivity contribution < 1.29 is 14.7 Å². The molecule has 3 aliphatic rings. The van der Waals surface area contributed by atoms with Crippen LogP contribution in [-0.4, -0.2) is 48.1 Å². The summed E-state index contributed by atoms with van der Waals surface area (Å²) in [4.78, 5) is 24.4. The molecule has 0 atom stereocenters. The first-order chi connectivity index (χ1) is 9.10. The Morgan fingerprint density at radius 2 is 1.74 bits per heavy atom. The zero-order valence-electron chi connectivity index (χ0n) is 11.5. The van der Waals surface area contributed by atoms with Crippen LogP contribution in [-0.2, 0) is 9.59 Å². The number of nitrogens with one attached hydrogen (secondary N) is 1. The maximum absolute atomic E-state index is 11.6. The Kier molecular flexibility index (Phi) is 4.80. The minimum Gasteiger partial charge on any atom is -0.481 e. The van der Waals surface area contributed by atoms with Crippen LogP contribution in [0, 0.1) is 5.41 Å². The minimum absolute atomic E-state index is 0.00843. The lowest BCUT2D eigenvalue weighted by atomic mass is 9.70. The highest BCUT2D eigenvalue weighted by atomic mass is 16.4. The average Bonchev–Trinajstić information content (AvgIpc) is 2.40. The van der Waals surface area contributed by atoms with E-state index >= 15 is 0 Å². The minimum atomic E-state index is -0.833. The van der Waals surface area contributed by atoms with Gasteiger partial charge in [0.2, 0.25) is 5.91 Å². The van der Waals surface area contributed by atoms with Gasteiger partial charge >= 0.3 is 5.97 Å². The molecule has 0 spiro atoms. The zero-order valence-corrected chi connectivity index (χ0v) is 11.5. The van der Waals surface area contributed by atoms with Crippen molar-refractivity contribution in [2.45, 2.75) is 44.9 Å². The van der Waals surface area contributed by atoms with E-state index in [4.69, 9.17) is 5.11 Å². The second kappa shape index (κ2) is 6.37. The first kappa shape index (κ1) is 14.3. The average molecular weight is 268 g/mol. The number of carboxylic acids is 1. The Hall–Kier alpha value is -1.10. The van der Waals surface area contributed by atoms with Gasteiger partial charge in [-0.25, -0.2) is 0 Å². The van der Waals surface area contributed by atoms with E-state index in [1.165, 1.54) is 38.9 Å². The van der Waals surface area contributed by atoms with E-state index in [2.05, 4.69) is 10.2 Å². The maximum Gasteiger partial charge on any atom is 0.303 e. The number of rotatable bonds is 7. The van der Waals surface area contributed by atoms with Crippen molar-refractivity contribution in [3.63, 3.8) is 0 Å². The summed E-state index contributed by atoms with van der Waals surface area (Å²) >= 11 is 0. The van der Waals surface area contributed by atoms with Crippen LogP contribution < -0.4 is 5.32 Å². The van der Waals surface area contributed by atoms with Gasteiger partial charge in [0.05, 0.1) is 0 Å². The summed E-state index contributed by atoms with van der Waals surface area (Å²) in [7, 11) is 0. The highest BCUT2D eigenvalue weighted by molar-refractivity contribution is 5.76. The number of aliphatic carboxylic acids is 1. The van der Waals surface area contributed by atoms with Gasteiger partial charge in [0.1, 0.15) is 0 Å². The molecule has 0 aromatic heterocycles. The number of hydrogen-bond acceptors (Lipinski definition) is 3. The lowest BCUT2D eigenvalue weighted by molar-refractivity contribution is -0.137. The standard InChI is InChI=1S/C14H24N2O3/c17-12(2-1-3-13(18)19)15-8-4-14-5-9-16(10-6-14)11-7-14/h1-11H2,(H,15,17)(H,18,19). The molecular formula is C14H24N2O3. The number of nitrogens with zero attached hydrogens (tertiary/aromatic N) is 1. The Morgan fingerprint density at radius 3 is 2.32 bits per heavy atom. The molecule has 5 nitrogen and oxygen atoms in total. The molecule has 1 amide bonds. The molecule has 2 N–H and O–H groups in total. The van der Waals surface area contributed by atoms with Gasteiger partial charge in [-0.1, -0.05) is 0 Å². The SMILES string of the molecule is O=C(O)CCCC(=O)NCCC12CCN(CC1)CC2. The second-order valence-electron chi connectivity index (χ2n) is 5.94. The molecule has 19 heavy (non-hydrogen) atoms. The summed E-state index contributed by atoms with van der Waals surface area (Å²) in [6.45, 7) is 4.39. The first-order valence-corrected chi connectivity index (χ1v) is 7.31. The van der Waals surface area contributed by atoms with E-state index in [9.17, 15) is 9.59 Å². The van der Waals surface area contributed by atoms with Crippen LogP contribution in [0.2, 0.25) is 0 Å². The summed E-state index contributed by atoms with van der Waals surface area (Å²) in [6, 6.07) is 0. The molecular weight excluding hydrogens is 244 g/mol. The smallest absolute Gasteiger partial charge is 0.303 e. The summed E-state index contributed by atoms with van der Waals surface area (Å²) < 4.78 is 0. The van der Waals surface area contributed by atoms with Crippen LogP contribution >= 0.6 is 0 Å². The molecule has 0 radical (unpaired) electrons. The number of hydrogen-bond donors (Lipinski definition) is 2. The third-order valence-electron chi connectivity index (χ3n) is 4.65. The van der Waals surface area contributed by atoms with Gasteiger partial charge in [-0.15, -0.1) is 0 Å². The van der Waals surface area contributed by atoms with Gasteiger partial charge in [0.25, 0.3) is 0 Å². The summed E-state index contributed by atoms with van der Waals surface area (Å²) in [5.74, 6) is -0.841. The van der Waals surface area contributed by atoms with Crippen LogP contribution in [0.5, 0.6) is 0 Å². The van der Waals surface area contributed by atoms with Gasteiger partial charge in [-0.05, 0) is 57.2 Å². The van der Waals surface area contributed by atoms with Crippen molar-refractivity contribution in [1.29, 1.82) is 0 Å². The predicted octanol–water partition coefficient (Wildman–Crippen LogP) is 1.23. The Balaban J connectivity index is 1.60. The van der Waals surface area contributed by atoms with Gasteiger partial charge in [0, 0.05) is 19.4 Å². The molecule has 3 rings (SSSR count). The molecule has 2 bridgehead atoms. The van der Waals surface area contributed by atoms with Crippen LogP contribution in [0.15, 0.2) is 0 Å². The quantitative estimate of drug-likeness (QED) is 0.728. The first-order valence-electron chi connectivity index (χ1n) is 7.31. The van der Waals surface area contributed by atoms with Gasteiger partial charge in [-0.3, -0.25) is 9.59 Å². The molecule has 3 saturated heterocycles. The Bertz CT molecular complexity index is 322. The van der Waals surface area contributed by atoms with Crippen LogP contribution in [0.1, 0.15) is 44.9 Å². The van der Waals surface area contributed by atoms with Gasteiger partial charge in [-0.2, -0.15) is 0 Å². The van der Waals surface area contributed by atoms with Gasteiger partial charge in [0.15, 0.2) is 0 Å². The van der Waals surface area contributed by atoms with E-state index in [1.807, 2.05) is 0 Å². The highest BCUT2D eigenvalue weighted by Gasteiger charge is 2.38. The van der Waals surface area contributed by atoms with Crippen molar-refractivity contribution >= 4 is 11.9 Å². The molecule has 0 aromatic rings. The van der Waals surface area contributed by atoms with E-state index in [-0.39, 0.29) is 12.3 Å². The lowest BCUT2D eigenvalue weighted by Gasteiger charge is -2.48. The van der Waals surface area contributed by atoms with Crippen molar-refractivity contribution in [3.05, 3.63) is 0 Å². The number of carbonyl (C=O) groups is 2. The van der Waals surface area contributed by atoms with E-state index in [0.717, 1.165) is 13.0 Å². The summed E-state index contributed by atoms with van der Waals surface area (Å²) in [6.07, 6.45) is 5.71. The molecule has 5 heteroatoms. The number of carbonyl (C=O) groups excluding carboxylic acids is 1. The van der Waals surface area contributed by atoms with E-state index < -0.39 is 5.97 Å². The predicted molar refractivity (Wildman–Crippen MR) is 71.8 cm³/mol. The van der Waals surface area contributed by atoms with Crippen molar-refractivity contribution in [1.82, 2.24) is 10.2 Å². The second-order valence-corrected chi connectivity index (χ2v) is 5.94. The zero-order chi connectivity index (χ0) is 13.7. The van der Waals surface area contributed by atoms with Crippen molar-refractivity contribution in [2.75, 3.05) is 26.2 Å². The molecule has 3 fully saturated rings. The molecule has 3 aliphatic heterocycles. The number of fused-ring (bicyclic) bond motifs is 3. The Morgan fingerprint density at radius 1 is 1.11 bits per heavy atom. The lowest BCUT2D eigenvalue weighted by Crippen LogP contribution is -2.49. The number of piperidine rings is 3. The number of carboxylic acid groups (broad SMARTS) is 1. The summed E-state index contributed by atoms with van der Waals surface area (Å²) in [5, 5.41) is 11.4. The van der Waals surface area contributed by atoms with E-state index in [1.54, 1.807) is 0 Å². The van der Waals surface area contributed by atoms with Crippen LogP contribution in [0.3, 0.4) is 0 Å². The summed E-state index contributed by atoms with van der Waals surface area (Å²) in [5.41, 5.74) is 0.461. The fraction of sp³-hybridized carbons (Fsp3) is 0.857. The third kappa shape index (κ3) is 4.20. The maximum atomic E-state index is 11.6. The molecule has 0 aliphatic carbocycles. The topological polar surface area (TPSA) is 69.6 Å². The molecule has 0 unspecified atom stereocenters. The molecule has 0 aromatic carbocycles. The fourth-order valence-corrected chi connectivity index (χ4v) is 3.23. The fourth-order valence-electron chi connectivity index (χ4n) is 3.23. The molecule has 3 heterocycles. The van der Waals surface area contributed by atoms with Gasteiger partial charge < -0.3 is 15.3 Å². The normalized spacial score (nSPS) is 29.2. The largest absolute Gasteiger partial charge is 0.481 e. The highest BCUT2D eigenvalue weighted by Crippen LogP contribution is 2.42. The van der Waals surface area contributed by atoms with E-state index in [0.29, 0.717) is 18.3 Å². The van der Waals surface area contributed by atoms with Crippen LogP contribution in [0.4, 0.5) is 0 Å². The van der Waals surface area contributed by atoms with Crippen LogP contribution in [0.25, 0.3) is 0 Å². The van der Waals surface area contributed by atoms with Crippen molar-refractivity contribution in [3.8, 4) is 0 Å².